The SMILES string of the molecule is CC(NC(=O)Nc1ccc(C#N)cc1Cl)(C(=O)O)C1CC1. The molecule has 0 radical (unpaired) electrons. The van der Waals surface area contributed by atoms with Crippen LogP contribution in [0.4, 0.5) is 10.5 Å². The molecule has 0 aliphatic heterocycles. The summed E-state index contributed by atoms with van der Waals surface area (Å²) in [4.78, 5) is 23.3. The zero-order valence-corrected chi connectivity index (χ0v) is 12.1. The summed E-state index contributed by atoms with van der Waals surface area (Å²) in [6.45, 7) is 1.49. The fourth-order valence-electron chi connectivity index (χ4n) is 2.07. The van der Waals surface area contributed by atoms with E-state index in [9.17, 15) is 14.7 Å². The van der Waals surface area contributed by atoms with Gasteiger partial charge in [-0.05, 0) is 43.9 Å². The van der Waals surface area contributed by atoms with Gasteiger partial charge in [0, 0.05) is 0 Å². The summed E-state index contributed by atoms with van der Waals surface area (Å²) < 4.78 is 0. The maximum absolute atomic E-state index is 12.0. The molecule has 1 aliphatic rings. The number of nitrogens with zero attached hydrogens (tertiary/aromatic N) is 1. The number of carbonyl (C=O) groups excluding carboxylic acids is 1. The number of urea groups is 1. The van der Waals surface area contributed by atoms with Crippen molar-refractivity contribution in [1.82, 2.24) is 5.32 Å². The fraction of sp³-hybridized carbons (Fsp3) is 0.357. The van der Waals surface area contributed by atoms with Crippen LogP contribution in [0.25, 0.3) is 0 Å². The monoisotopic (exact) mass is 307 g/mol. The van der Waals surface area contributed by atoms with Gasteiger partial charge in [-0.1, -0.05) is 11.6 Å². The van der Waals surface area contributed by atoms with Gasteiger partial charge in [0.15, 0.2) is 0 Å². The van der Waals surface area contributed by atoms with E-state index in [0.29, 0.717) is 11.3 Å². The first kappa shape index (κ1) is 15.1. The Labute approximate surface area is 126 Å². The Morgan fingerprint density at radius 1 is 1.48 bits per heavy atom. The number of amides is 2. The molecule has 1 aromatic carbocycles. The third-order valence-electron chi connectivity index (χ3n) is 3.56. The van der Waals surface area contributed by atoms with E-state index in [1.807, 2.05) is 6.07 Å². The van der Waals surface area contributed by atoms with E-state index in [-0.39, 0.29) is 10.9 Å². The first-order valence-corrected chi connectivity index (χ1v) is 6.77. The molecular weight excluding hydrogens is 294 g/mol. The number of benzene rings is 1. The molecule has 0 bridgehead atoms. The van der Waals surface area contributed by atoms with Gasteiger partial charge in [0.1, 0.15) is 5.54 Å². The standard InChI is InChI=1S/C14H14ClN3O3/c1-14(12(19)20,9-3-4-9)18-13(21)17-11-5-2-8(7-16)6-10(11)15/h2,5-6,9H,3-4H2,1H3,(H,19,20)(H2,17,18,21). The van der Waals surface area contributed by atoms with Crippen molar-refractivity contribution in [3.8, 4) is 6.07 Å². The van der Waals surface area contributed by atoms with Crippen molar-refractivity contribution in [2.45, 2.75) is 25.3 Å². The van der Waals surface area contributed by atoms with Crippen molar-refractivity contribution < 1.29 is 14.7 Å². The molecule has 7 heteroatoms. The van der Waals surface area contributed by atoms with Crippen molar-refractivity contribution in [2.24, 2.45) is 5.92 Å². The Balaban J connectivity index is 2.08. The molecule has 110 valence electrons. The fourth-order valence-corrected chi connectivity index (χ4v) is 2.29. The van der Waals surface area contributed by atoms with Crippen molar-refractivity contribution >= 4 is 29.3 Å². The number of nitrogens with one attached hydrogen (secondary N) is 2. The van der Waals surface area contributed by atoms with E-state index in [1.165, 1.54) is 25.1 Å². The lowest BCUT2D eigenvalue weighted by Gasteiger charge is -2.26. The third-order valence-corrected chi connectivity index (χ3v) is 3.87. The van der Waals surface area contributed by atoms with Gasteiger partial charge in [-0.2, -0.15) is 5.26 Å². The van der Waals surface area contributed by atoms with Gasteiger partial charge in [0.2, 0.25) is 0 Å². The van der Waals surface area contributed by atoms with Crippen LogP contribution in [0.3, 0.4) is 0 Å². The molecule has 1 aliphatic carbocycles. The highest BCUT2D eigenvalue weighted by atomic mass is 35.5. The van der Waals surface area contributed by atoms with E-state index in [2.05, 4.69) is 10.6 Å². The van der Waals surface area contributed by atoms with Gasteiger partial charge in [-0.3, -0.25) is 0 Å². The number of nitriles is 1. The molecular formula is C14H14ClN3O3. The molecule has 6 nitrogen and oxygen atoms in total. The van der Waals surface area contributed by atoms with Gasteiger partial charge < -0.3 is 15.7 Å². The van der Waals surface area contributed by atoms with Crippen molar-refractivity contribution in [3.63, 3.8) is 0 Å². The number of carboxylic acid groups (broad SMARTS) is 1. The molecule has 1 unspecified atom stereocenters. The maximum atomic E-state index is 12.0. The van der Waals surface area contributed by atoms with E-state index in [1.54, 1.807) is 0 Å². The highest BCUT2D eigenvalue weighted by Crippen LogP contribution is 2.39. The Kier molecular flexibility index (Phi) is 4.05. The van der Waals surface area contributed by atoms with Gasteiger partial charge in [-0.25, -0.2) is 9.59 Å². The summed E-state index contributed by atoms with van der Waals surface area (Å²) >= 11 is 5.95. The summed E-state index contributed by atoms with van der Waals surface area (Å²) in [7, 11) is 0. The van der Waals surface area contributed by atoms with Crippen molar-refractivity contribution in [3.05, 3.63) is 28.8 Å². The number of anilines is 1. The molecule has 1 saturated carbocycles. The van der Waals surface area contributed by atoms with Crippen LogP contribution in [0.15, 0.2) is 18.2 Å². The van der Waals surface area contributed by atoms with Crippen LogP contribution in [-0.4, -0.2) is 22.6 Å². The normalized spacial score (nSPS) is 16.4. The minimum atomic E-state index is -1.29. The minimum absolute atomic E-state index is 0.0582. The molecule has 2 amide bonds. The summed E-state index contributed by atoms with van der Waals surface area (Å²) in [5.41, 5.74) is -0.598. The predicted octanol–water partition coefficient (Wildman–Crippen LogP) is 2.59. The Morgan fingerprint density at radius 2 is 2.14 bits per heavy atom. The molecule has 0 aromatic heterocycles. The number of aliphatic carboxylic acids is 1. The molecule has 0 saturated heterocycles. The molecule has 0 heterocycles. The number of carbonyl (C=O) groups is 2. The quantitative estimate of drug-likeness (QED) is 0.795. The lowest BCUT2D eigenvalue weighted by atomic mass is 9.96. The second-order valence-corrected chi connectivity index (χ2v) is 5.57. The number of rotatable bonds is 4. The predicted molar refractivity (Wildman–Crippen MR) is 77.1 cm³/mol. The number of halogens is 1. The van der Waals surface area contributed by atoms with E-state index >= 15 is 0 Å². The number of hydrogen-bond donors (Lipinski definition) is 3. The van der Waals surface area contributed by atoms with Crippen LogP contribution in [0.2, 0.25) is 5.02 Å². The first-order chi connectivity index (χ1) is 9.86. The summed E-state index contributed by atoms with van der Waals surface area (Å²) in [6, 6.07) is 5.73. The highest BCUT2D eigenvalue weighted by Gasteiger charge is 2.48. The van der Waals surface area contributed by atoms with E-state index in [0.717, 1.165) is 12.8 Å². The van der Waals surface area contributed by atoms with Crippen LogP contribution in [0, 0.1) is 17.2 Å². The Bertz CT molecular complexity index is 637. The van der Waals surface area contributed by atoms with Crippen LogP contribution in [0.1, 0.15) is 25.3 Å². The molecule has 0 spiro atoms. The molecule has 1 atom stereocenters. The summed E-state index contributed by atoms with van der Waals surface area (Å²) in [5, 5.41) is 23.2. The smallest absolute Gasteiger partial charge is 0.329 e. The van der Waals surface area contributed by atoms with Crippen molar-refractivity contribution in [2.75, 3.05) is 5.32 Å². The van der Waals surface area contributed by atoms with Gasteiger partial charge in [-0.15, -0.1) is 0 Å². The Morgan fingerprint density at radius 3 is 2.62 bits per heavy atom. The van der Waals surface area contributed by atoms with Gasteiger partial charge >= 0.3 is 12.0 Å². The van der Waals surface area contributed by atoms with Crippen LogP contribution in [0.5, 0.6) is 0 Å². The first-order valence-electron chi connectivity index (χ1n) is 6.39. The lowest BCUT2D eigenvalue weighted by molar-refractivity contribution is -0.144. The van der Waals surface area contributed by atoms with Gasteiger partial charge in [0.25, 0.3) is 0 Å². The molecule has 1 fully saturated rings. The zero-order chi connectivity index (χ0) is 15.6. The van der Waals surface area contributed by atoms with E-state index < -0.39 is 17.5 Å². The average Bonchev–Trinajstić information content (AvgIpc) is 3.25. The second-order valence-electron chi connectivity index (χ2n) is 5.17. The number of hydrogen-bond acceptors (Lipinski definition) is 3. The van der Waals surface area contributed by atoms with E-state index in [4.69, 9.17) is 16.9 Å². The average molecular weight is 308 g/mol. The topological polar surface area (TPSA) is 102 Å². The highest BCUT2D eigenvalue weighted by molar-refractivity contribution is 6.33. The zero-order valence-electron chi connectivity index (χ0n) is 11.3. The summed E-state index contributed by atoms with van der Waals surface area (Å²) in [5.74, 6) is -1.12. The minimum Gasteiger partial charge on any atom is -0.480 e. The maximum Gasteiger partial charge on any atom is 0.329 e. The second kappa shape index (κ2) is 5.62. The summed E-state index contributed by atoms with van der Waals surface area (Å²) in [6.07, 6.45) is 1.56. The lowest BCUT2D eigenvalue weighted by Crippen LogP contribution is -2.55. The van der Waals surface area contributed by atoms with Gasteiger partial charge in [0.05, 0.1) is 22.3 Å². The van der Waals surface area contributed by atoms with Crippen LogP contribution in [-0.2, 0) is 4.79 Å². The number of carboxylic acids is 1. The largest absolute Gasteiger partial charge is 0.480 e. The molecule has 21 heavy (non-hydrogen) atoms. The van der Waals surface area contributed by atoms with Crippen molar-refractivity contribution in [1.29, 1.82) is 5.26 Å². The third kappa shape index (κ3) is 3.26. The molecule has 3 N–H and O–H groups in total. The molecule has 1 aromatic rings. The van der Waals surface area contributed by atoms with Crippen LogP contribution >= 0.6 is 11.6 Å². The van der Waals surface area contributed by atoms with Crippen LogP contribution < -0.4 is 10.6 Å². The molecule has 2 rings (SSSR count). The Hall–Kier alpha value is -2.26.